The standard InChI is InChI=1S/C22H29ClN4O2S/c1-2-3-4-5-6-7-10-19(28)27-15-8-9-18(27)20(29)24-22-26-25-21(30-22)16-11-13-17(23)14-12-16/h11-14,18H,2-10,15H2,1H3,(H,24,26,29). The summed E-state index contributed by atoms with van der Waals surface area (Å²) < 4.78 is 0. The van der Waals surface area contributed by atoms with Crippen LogP contribution in [0.2, 0.25) is 5.02 Å². The summed E-state index contributed by atoms with van der Waals surface area (Å²) in [4.78, 5) is 27.2. The molecule has 8 heteroatoms. The van der Waals surface area contributed by atoms with Crippen LogP contribution in [0.3, 0.4) is 0 Å². The molecule has 162 valence electrons. The second-order valence-corrected chi connectivity index (χ2v) is 9.09. The molecule has 30 heavy (non-hydrogen) atoms. The highest BCUT2D eigenvalue weighted by atomic mass is 35.5. The number of carbonyl (C=O) groups is 2. The first kappa shape index (κ1) is 22.7. The average Bonchev–Trinajstić information content (AvgIpc) is 3.41. The van der Waals surface area contributed by atoms with Gasteiger partial charge in [0.1, 0.15) is 11.0 Å². The van der Waals surface area contributed by atoms with Gasteiger partial charge in [-0.3, -0.25) is 14.9 Å². The second-order valence-electron chi connectivity index (χ2n) is 7.67. The average molecular weight is 449 g/mol. The highest BCUT2D eigenvalue weighted by Crippen LogP contribution is 2.28. The van der Waals surface area contributed by atoms with Crippen molar-refractivity contribution >= 4 is 39.9 Å². The number of unbranched alkanes of at least 4 members (excludes halogenated alkanes) is 5. The summed E-state index contributed by atoms with van der Waals surface area (Å²) in [6, 6.07) is 6.91. The number of aromatic nitrogens is 2. The first-order valence-electron chi connectivity index (χ1n) is 10.8. The molecule has 0 bridgehead atoms. The van der Waals surface area contributed by atoms with Gasteiger partial charge in [0.25, 0.3) is 0 Å². The molecule has 2 amide bonds. The van der Waals surface area contributed by atoms with Gasteiger partial charge < -0.3 is 4.90 Å². The van der Waals surface area contributed by atoms with E-state index in [-0.39, 0.29) is 11.8 Å². The molecular formula is C22H29ClN4O2S. The highest BCUT2D eigenvalue weighted by Gasteiger charge is 2.34. The van der Waals surface area contributed by atoms with Crippen LogP contribution in [0, 0.1) is 0 Å². The molecular weight excluding hydrogens is 420 g/mol. The fourth-order valence-electron chi connectivity index (χ4n) is 3.71. The molecule has 1 unspecified atom stereocenters. The molecule has 0 saturated carbocycles. The fourth-order valence-corrected chi connectivity index (χ4v) is 4.59. The molecule has 0 aliphatic carbocycles. The van der Waals surface area contributed by atoms with Crippen LogP contribution in [0.25, 0.3) is 10.6 Å². The SMILES string of the molecule is CCCCCCCCC(=O)N1CCCC1C(=O)Nc1nnc(-c2ccc(Cl)cc2)s1. The van der Waals surface area contributed by atoms with Crippen LogP contribution < -0.4 is 5.32 Å². The number of hydrogen-bond acceptors (Lipinski definition) is 5. The van der Waals surface area contributed by atoms with Crippen LogP contribution in [0.4, 0.5) is 5.13 Å². The number of nitrogens with zero attached hydrogens (tertiary/aromatic N) is 3. The molecule has 1 aliphatic rings. The van der Waals surface area contributed by atoms with Gasteiger partial charge in [-0.15, -0.1) is 10.2 Å². The van der Waals surface area contributed by atoms with Gasteiger partial charge in [-0.2, -0.15) is 0 Å². The molecule has 0 spiro atoms. The molecule has 1 aliphatic heterocycles. The van der Waals surface area contributed by atoms with Crippen LogP contribution in [0.1, 0.15) is 64.7 Å². The number of carbonyl (C=O) groups excluding carboxylic acids is 2. The lowest BCUT2D eigenvalue weighted by Gasteiger charge is -2.23. The number of hydrogen-bond donors (Lipinski definition) is 1. The lowest BCUT2D eigenvalue weighted by molar-refractivity contribution is -0.136. The molecule has 2 aromatic rings. The topological polar surface area (TPSA) is 75.2 Å². The van der Waals surface area contributed by atoms with Crippen LogP contribution in [-0.2, 0) is 9.59 Å². The van der Waals surface area contributed by atoms with Crippen molar-refractivity contribution < 1.29 is 9.59 Å². The summed E-state index contributed by atoms with van der Waals surface area (Å²) in [5.41, 5.74) is 0.897. The molecule has 1 saturated heterocycles. The van der Waals surface area contributed by atoms with Crippen molar-refractivity contribution in [3.63, 3.8) is 0 Å². The second kappa shape index (κ2) is 11.4. The summed E-state index contributed by atoms with van der Waals surface area (Å²) in [5, 5.41) is 12.9. The zero-order valence-corrected chi connectivity index (χ0v) is 19.0. The van der Waals surface area contributed by atoms with E-state index in [0.717, 1.165) is 24.8 Å². The largest absolute Gasteiger partial charge is 0.331 e. The van der Waals surface area contributed by atoms with Crippen LogP contribution in [-0.4, -0.2) is 39.5 Å². The van der Waals surface area contributed by atoms with E-state index in [2.05, 4.69) is 22.4 Å². The first-order valence-corrected chi connectivity index (χ1v) is 12.0. The lowest BCUT2D eigenvalue weighted by Crippen LogP contribution is -2.43. The first-order chi connectivity index (χ1) is 14.6. The summed E-state index contributed by atoms with van der Waals surface area (Å²) in [6.07, 6.45) is 8.94. The van der Waals surface area contributed by atoms with E-state index in [0.29, 0.717) is 34.5 Å². The third kappa shape index (κ3) is 6.25. The minimum atomic E-state index is -0.416. The Morgan fingerprint density at radius 3 is 2.63 bits per heavy atom. The van der Waals surface area contributed by atoms with Crippen LogP contribution >= 0.6 is 22.9 Å². The van der Waals surface area contributed by atoms with Gasteiger partial charge >= 0.3 is 0 Å². The van der Waals surface area contributed by atoms with Crippen molar-refractivity contribution in [3.05, 3.63) is 29.3 Å². The normalized spacial score (nSPS) is 16.1. The van der Waals surface area contributed by atoms with Crippen molar-refractivity contribution in [1.82, 2.24) is 15.1 Å². The minimum Gasteiger partial charge on any atom is -0.331 e. The number of nitrogens with one attached hydrogen (secondary N) is 1. The summed E-state index contributed by atoms with van der Waals surface area (Å²) in [5.74, 6) is -0.0927. The van der Waals surface area contributed by atoms with Gasteiger partial charge in [-0.1, -0.05) is 74.1 Å². The van der Waals surface area contributed by atoms with Crippen molar-refractivity contribution in [2.24, 2.45) is 0 Å². The Morgan fingerprint density at radius 2 is 1.87 bits per heavy atom. The minimum absolute atomic E-state index is 0.0854. The Hall–Kier alpha value is -1.99. The van der Waals surface area contributed by atoms with Crippen molar-refractivity contribution in [1.29, 1.82) is 0 Å². The van der Waals surface area contributed by atoms with Gasteiger partial charge in [0.2, 0.25) is 16.9 Å². The van der Waals surface area contributed by atoms with Gasteiger partial charge in [0.15, 0.2) is 0 Å². The quantitative estimate of drug-likeness (QED) is 0.484. The molecule has 1 aromatic heterocycles. The number of likely N-dealkylation sites (tertiary alicyclic amines) is 1. The number of rotatable bonds is 10. The predicted octanol–water partition coefficient (Wildman–Crippen LogP) is 5.54. The van der Waals surface area contributed by atoms with E-state index in [1.165, 1.54) is 37.0 Å². The Bertz CT molecular complexity index is 840. The molecule has 1 aromatic carbocycles. The number of anilines is 1. The monoisotopic (exact) mass is 448 g/mol. The van der Waals surface area contributed by atoms with E-state index in [4.69, 9.17) is 11.6 Å². The van der Waals surface area contributed by atoms with Crippen molar-refractivity contribution in [3.8, 4) is 10.6 Å². The maximum atomic E-state index is 12.8. The molecule has 0 radical (unpaired) electrons. The van der Waals surface area contributed by atoms with Gasteiger partial charge in [-0.05, 0) is 31.4 Å². The van der Waals surface area contributed by atoms with Crippen molar-refractivity contribution in [2.75, 3.05) is 11.9 Å². The number of halogens is 1. The van der Waals surface area contributed by atoms with E-state index in [1.54, 1.807) is 17.0 Å². The Labute approximate surface area is 187 Å². The Kier molecular flexibility index (Phi) is 8.63. The van der Waals surface area contributed by atoms with Gasteiger partial charge in [0.05, 0.1) is 0 Å². The van der Waals surface area contributed by atoms with E-state index >= 15 is 0 Å². The van der Waals surface area contributed by atoms with Crippen molar-refractivity contribution in [2.45, 2.75) is 70.8 Å². The molecule has 1 atom stereocenters. The van der Waals surface area contributed by atoms with Gasteiger partial charge in [0, 0.05) is 23.6 Å². The molecule has 6 nitrogen and oxygen atoms in total. The fraction of sp³-hybridized carbons (Fsp3) is 0.545. The maximum absolute atomic E-state index is 12.8. The van der Waals surface area contributed by atoms with Gasteiger partial charge in [-0.25, -0.2) is 0 Å². The van der Waals surface area contributed by atoms with E-state index in [9.17, 15) is 9.59 Å². The van der Waals surface area contributed by atoms with E-state index < -0.39 is 6.04 Å². The Morgan fingerprint density at radius 1 is 1.13 bits per heavy atom. The third-order valence-electron chi connectivity index (χ3n) is 5.37. The third-order valence-corrected chi connectivity index (χ3v) is 6.51. The molecule has 3 rings (SSSR count). The molecule has 1 fully saturated rings. The van der Waals surface area contributed by atoms with Crippen LogP contribution in [0.5, 0.6) is 0 Å². The highest BCUT2D eigenvalue weighted by molar-refractivity contribution is 7.18. The zero-order chi connectivity index (χ0) is 21.3. The number of amides is 2. The maximum Gasteiger partial charge on any atom is 0.249 e. The zero-order valence-electron chi connectivity index (χ0n) is 17.4. The Balaban J connectivity index is 1.50. The number of benzene rings is 1. The molecule has 2 heterocycles. The van der Waals surface area contributed by atoms with E-state index in [1.807, 2.05) is 12.1 Å². The smallest absolute Gasteiger partial charge is 0.249 e. The summed E-state index contributed by atoms with van der Waals surface area (Å²) in [6.45, 7) is 2.85. The summed E-state index contributed by atoms with van der Waals surface area (Å²) >= 11 is 7.23. The molecule has 1 N–H and O–H groups in total. The summed E-state index contributed by atoms with van der Waals surface area (Å²) in [7, 11) is 0. The van der Waals surface area contributed by atoms with Crippen LogP contribution in [0.15, 0.2) is 24.3 Å². The lowest BCUT2D eigenvalue weighted by atomic mass is 10.1. The predicted molar refractivity (Wildman–Crippen MR) is 122 cm³/mol.